The van der Waals surface area contributed by atoms with Gasteiger partial charge < -0.3 is 0 Å². The van der Waals surface area contributed by atoms with Gasteiger partial charge in [-0.3, -0.25) is 0 Å². The molecule has 0 aliphatic heterocycles. The molecule has 0 aromatic carbocycles. The van der Waals surface area contributed by atoms with Gasteiger partial charge in [-0.15, -0.1) is 0 Å². The van der Waals surface area contributed by atoms with Gasteiger partial charge in [0.25, 0.3) is 0 Å². The van der Waals surface area contributed by atoms with E-state index in [9.17, 15) is 0 Å². The molecule has 0 atom stereocenters. The number of hydrogen-bond donors (Lipinski definition) is 0. The minimum absolute atomic E-state index is 0.995. The van der Waals surface area contributed by atoms with E-state index in [-0.39, 0.29) is 0 Å². The predicted octanol–water partition coefficient (Wildman–Crippen LogP) is 2.05. The quantitative estimate of drug-likeness (QED) is 0.434. The molecule has 0 aliphatic carbocycles. The molecule has 0 aliphatic rings. The summed E-state index contributed by atoms with van der Waals surface area (Å²) >= 11 is 0. The molecular formula is C7H8. The molecule has 0 rings (SSSR count). The third-order valence-corrected chi connectivity index (χ3v) is 0.467. The van der Waals surface area contributed by atoms with Crippen LogP contribution in [-0.4, -0.2) is 0 Å². The summed E-state index contributed by atoms with van der Waals surface area (Å²) in [5.74, 6) is 0. The van der Waals surface area contributed by atoms with Crippen molar-refractivity contribution in [3.8, 4) is 0 Å². The summed E-state index contributed by atoms with van der Waals surface area (Å²) < 4.78 is 0. The van der Waals surface area contributed by atoms with E-state index in [1.807, 2.05) is 13.0 Å². The van der Waals surface area contributed by atoms with Crippen LogP contribution in [0.1, 0.15) is 13.3 Å². The van der Waals surface area contributed by atoms with Crippen LogP contribution in [0.15, 0.2) is 29.8 Å². The maximum Gasteiger partial charge on any atom is -0.0200 e. The minimum atomic E-state index is 0.995. The van der Waals surface area contributed by atoms with Crippen molar-refractivity contribution in [1.29, 1.82) is 0 Å². The van der Waals surface area contributed by atoms with Crippen LogP contribution >= 0.6 is 0 Å². The summed E-state index contributed by atoms with van der Waals surface area (Å²) in [4.78, 5) is 0. The Hall–Kier alpha value is -0.920. The SMILES string of the molecule is C=C=C=C=CCC. The highest BCUT2D eigenvalue weighted by molar-refractivity contribution is 4.82. The molecule has 0 unspecified atom stereocenters. The normalized spacial score (nSPS) is 5.29. The zero-order valence-electron chi connectivity index (χ0n) is 4.49. The fourth-order valence-electron chi connectivity index (χ4n) is 0.204. The van der Waals surface area contributed by atoms with Gasteiger partial charge in [0.15, 0.2) is 0 Å². The topological polar surface area (TPSA) is 0 Å². The summed E-state index contributed by atoms with van der Waals surface area (Å²) in [6.45, 7) is 5.35. The van der Waals surface area contributed by atoms with E-state index in [4.69, 9.17) is 0 Å². The van der Waals surface area contributed by atoms with Crippen LogP contribution < -0.4 is 0 Å². The molecular weight excluding hydrogens is 84.1 g/mol. The van der Waals surface area contributed by atoms with Crippen LogP contribution in [0.2, 0.25) is 0 Å². The summed E-state index contributed by atoms with van der Waals surface area (Å²) in [5.41, 5.74) is 7.78. The molecule has 0 aromatic heterocycles. The van der Waals surface area contributed by atoms with E-state index in [0.29, 0.717) is 0 Å². The van der Waals surface area contributed by atoms with Gasteiger partial charge in [0.1, 0.15) is 0 Å². The van der Waals surface area contributed by atoms with Gasteiger partial charge in [0, 0.05) is 0 Å². The van der Waals surface area contributed by atoms with Crippen molar-refractivity contribution in [2.75, 3.05) is 0 Å². The van der Waals surface area contributed by atoms with Crippen molar-refractivity contribution in [2.24, 2.45) is 0 Å². The van der Waals surface area contributed by atoms with E-state index in [2.05, 4.69) is 23.8 Å². The van der Waals surface area contributed by atoms with Crippen molar-refractivity contribution >= 4 is 0 Å². The Morgan fingerprint density at radius 3 is 2.86 bits per heavy atom. The molecule has 0 spiro atoms. The van der Waals surface area contributed by atoms with Gasteiger partial charge in [0.05, 0.1) is 0 Å². The number of hydrogen-bond acceptors (Lipinski definition) is 0. The molecule has 0 heteroatoms. The molecule has 0 nitrogen and oxygen atoms in total. The lowest BCUT2D eigenvalue weighted by molar-refractivity contribution is 1.23. The molecule has 0 saturated heterocycles. The second kappa shape index (κ2) is 5.08. The Bertz CT molecular complexity index is 135. The van der Waals surface area contributed by atoms with Crippen molar-refractivity contribution in [3.05, 3.63) is 29.8 Å². The first-order chi connectivity index (χ1) is 3.41. The molecule has 0 heterocycles. The zero-order chi connectivity index (χ0) is 5.54. The largest absolute Gasteiger partial charge is 0.0693 e. The minimum Gasteiger partial charge on any atom is -0.0693 e. The van der Waals surface area contributed by atoms with Gasteiger partial charge in [-0.1, -0.05) is 18.4 Å². The van der Waals surface area contributed by atoms with Crippen LogP contribution in [0.3, 0.4) is 0 Å². The Labute approximate surface area is 44.2 Å². The van der Waals surface area contributed by atoms with Crippen LogP contribution in [0.25, 0.3) is 0 Å². The third-order valence-electron chi connectivity index (χ3n) is 0.467. The van der Waals surface area contributed by atoms with Crippen LogP contribution in [0, 0.1) is 0 Å². The van der Waals surface area contributed by atoms with Gasteiger partial charge in [-0.25, -0.2) is 0 Å². The van der Waals surface area contributed by atoms with E-state index >= 15 is 0 Å². The van der Waals surface area contributed by atoms with Crippen molar-refractivity contribution < 1.29 is 0 Å². The van der Waals surface area contributed by atoms with Crippen LogP contribution in [0.4, 0.5) is 0 Å². The summed E-state index contributed by atoms with van der Waals surface area (Å²) in [6, 6.07) is 0. The molecule has 0 aromatic rings. The Morgan fingerprint density at radius 2 is 2.43 bits per heavy atom. The smallest absolute Gasteiger partial charge is 0.0200 e. The highest BCUT2D eigenvalue weighted by Gasteiger charge is 1.51. The van der Waals surface area contributed by atoms with Crippen molar-refractivity contribution in [1.82, 2.24) is 0 Å². The second-order valence-corrected chi connectivity index (χ2v) is 1.06. The third kappa shape index (κ3) is 5.08. The summed E-state index contributed by atoms with van der Waals surface area (Å²) in [7, 11) is 0. The Morgan fingerprint density at radius 1 is 1.71 bits per heavy atom. The molecule has 0 fully saturated rings. The molecule has 0 N–H and O–H groups in total. The maximum atomic E-state index is 3.31. The number of allylic oxidation sites excluding steroid dienone is 1. The van der Waals surface area contributed by atoms with E-state index in [1.165, 1.54) is 0 Å². The van der Waals surface area contributed by atoms with Gasteiger partial charge in [0.2, 0.25) is 0 Å². The van der Waals surface area contributed by atoms with Crippen LogP contribution in [0.5, 0.6) is 0 Å². The lowest BCUT2D eigenvalue weighted by Gasteiger charge is -1.59. The molecule has 7 heavy (non-hydrogen) atoms. The molecule has 0 radical (unpaired) electrons. The molecule has 0 bridgehead atoms. The summed E-state index contributed by atoms with van der Waals surface area (Å²) in [6.07, 6.45) is 2.87. The fourth-order valence-corrected chi connectivity index (χ4v) is 0.204. The first-order valence-corrected chi connectivity index (χ1v) is 2.26. The highest BCUT2D eigenvalue weighted by atomic mass is 13.6. The van der Waals surface area contributed by atoms with Crippen molar-refractivity contribution in [3.63, 3.8) is 0 Å². The second-order valence-electron chi connectivity index (χ2n) is 1.06. The van der Waals surface area contributed by atoms with Crippen LogP contribution in [-0.2, 0) is 0 Å². The Kier molecular flexibility index (Phi) is 4.41. The molecule has 0 amide bonds. The zero-order valence-corrected chi connectivity index (χ0v) is 4.49. The Balaban J connectivity index is 3.89. The maximum absolute atomic E-state index is 3.31. The van der Waals surface area contributed by atoms with E-state index < -0.39 is 0 Å². The first kappa shape index (κ1) is 6.08. The average Bonchev–Trinajstić information content (AvgIpc) is 1.69. The molecule has 36 valence electrons. The van der Waals surface area contributed by atoms with Gasteiger partial charge >= 0.3 is 0 Å². The lowest BCUT2D eigenvalue weighted by atomic mass is 10.5. The predicted molar refractivity (Wildman–Crippen MR) is 31.0 cm³/mol. The molecule has 0 saturated carbocycles. The van der Waals surface area contributed by atoms with Gasteiger partial charge in [-0.2, -0.15) is 0 Å². The summed E-state index contributed by atoms with van der Waals surface area (Å²) in [5, 5.41) is 0. The average molecular weight is 92.1 g/mol. The first-order valence-electron chi connectivity index (χ1n) is 2.26. The monoisotopic (exact) mass is 92.1 g/mol. The number of rotatable bonds is 1. The van der Waals surface area contributed by atoms with Crippen molar-refractivity contribution in [2.45, 2.75) is 13.3 Å². The van der Waals surface area contributed by atoms with E-state index in [1.54, 1.807) is 0 Å². The fraction of sp³-hybridized carbons (Fsp3) is 0.286. The highest BCUT2D eigenvalue weighted by Crippen LogP contribution is 1.70. The lowest BCUT2D eigenvalue weighted by Crippen LogP contribution is -1.40. The van der Waals surface area contributed by atoms with Gasteiger partial charge in [-0.05, 0) is 24.8 Å². The van der Waals surface area contributed by atoms with E-state index in [0.717, 1.165) is 6.42 Å². The standard InChI is InChI=1S/C7H8/c1-3-5-7-6-4-2/h6H,1,4H2,2H3.